The lowest BCUT2D eigenvalue weighted by atomic mass is 10.2. The first kappa shape index (κ1) is 15.5. The number of ketones is 1. The van der Waals surface area contributed by atoms with Gasteiger partial charge in [0, 0.05) is 6.92 Å². The van der Waals surface area contributed by atoms with Crippen molar-refractivity contribution in [2.24, 2.45) is 0 Å². The van der Waals surface area contributed by atoms with Crippen LogP contribution in [0.3, 0.4) is 0 Å². The summed E-state index contributed by atoms with van der Waals surface area (Å²) < 4.78 is 26.1. The van der Waals surface area contributed by atoms with Crippen molar-refractivity contribution in [2.75, 3.05) is 5.32 Å². The number of nitrogens with zero attached hydrogens (tertiary/aromatic N) is 1. The Kier molecular flexibility index (Phi) is 4.34. The van der Waals surface area contributed by atoms with Crippen LogP contribution < -0.4 is 5.32 Å². The van der Waals surface area contributed by atoms with Gasteiger partial charge in [-0.3, -0.25) is 14.9 Å². The molecule has 0 saturated heterocycles. The number of Topliss-reactive ketones (excluding diaryl/α,β-unsaturated/α-hetero) is 1. The minimum atomic E-state index is -1.18. The second-order valence-electron chi connectivity index (χ2n) is 4.19. The lowest BCUT2D eigenvalue weighted by Gasteiger charge is -2.04. The molecule has 1 heterocycles. The Morgan fingerprint density at radius 2 is 1.90 bits per heavy atom. The Balaban J connectivity index is 2.28. The van der Waals surface area contributed by atoms with Gasteiger partial charge < -0.3 is 0 Å². The van der Waals surface area contributed by atoms with Gasteiger partial charge in [0.05, 0.1) is 21.2 Å². The monoisotopic (exact) mass is 330 g/mol. The normalized spacial score (nSPS) is 10.5. The predicted octanol–water partition coefficient (Wildman–Crippen LogP) is 3.84. The fraction of sp³-hybridized carbons (Fsp3) is 0.154. The number of anilines is 1. The molecule has 0 unspecified atom stereocenters. The van der Waals surface area contributed by atoms with Crippen LogP contribution in [0.5, 0.6) is 0 Å². The van der Waals surface area contributed by atoms with Crippen LogP contribution >= 0.6 is 22.9 Å². The van der Waals surface area contributed by atoms with E-state index >= 15 is 0 Å². The van der Waals surface area contributed by atoms with Crippen molar-refractivity contribution in [1.82, 2.24) is 4.98 Å². The van der Waals surface area contributed by atoms with Crippen LogP contribution in [0.15, 0.2) is 12.1 Å². The van der Waals surface area contributed by atoms with Gasteiger partial charge in [0.15, 0.2) is 22.5 Å². The molecule has 2 rings (SSSR count). The molecule has 1 aromatic carbocycles. The minimum Gasteiger partial charge on any atom is -0.298 e. The van der Waals surface area contributed by atoms with Gasteiger partial charge in [0.25, 0.3) is 5.91 Å². The molecule has 0 aliphatic rings. The van der Waals surface area contributed by atoms with E-state index in [0.29, 0.717) is 16.6 Å². The maximum atomic E-state index is 13.2. The Hall–Kier alpha value is -1.86. The summed E-state index contributed by atoms with van der Waals surface area (Å²) in [5.41, 5.74) is 0.270. The highest BCUT2D eigenvalue weighted by molar-refractivity contribution is 7.17. The highest BCUT2D eigenvalue weighted by atomic mass is 35.5. The van der Waals surface area contributed by atoms with Crippen LogP contribution in [0, 0.1) is 18.6 Å². The Morgan fingerprint density at radius 1 is 1.29 bits per heavy atom. The number of thiazole rings is 1. The first-order valence-corrected chi connectivity index (χ1v) is 6.93. The van der Waals surface area contributed by atoms with E-state index in [0.717, 1.165) is 17.4 Å². The first-order chi connectivity index (χ1) is 9.79. The summed E-state index contributed by atoms with van der Waals surface area (Å²) >= 11 is 6.71. The number of aryl methyl sites for hydroxylation is 1. The summed E-state index contributed by atoms with van der Waals surface area (Å²) in [6.07, 6.45) is 0. The molecule has 1 N–H and O–H groups in total. The number of carbonyl (C=O) groups is 2. The smallest absolute Gasteiger partial charge is 0.259 e. The van der Waals surface area contributed by atoms with Crippen molar-refractivity contribution >= 4 is 39.8 Å². The molecule has 4 nitrogen and oxygen atoms in total. The van der Waals surface area contributed by atoms with Crippen molar-refractivity contribution < 1.29 is 18.4 Å². The molecule has 21 heavy (non-hydrogen) atoms. The third kappa shape index (κ3) is 3.25. The SMILES string of the molecule is CC(=O)c1sc(NC(=O)c2cc(F)c(F)cc2Cl)nc1C. The van der Waals surface area contributed by atoms with Crippen molar-refractivity contribution in [3.8, 4) is 0 Å². The van der Waals surface area contributed by atoms with Gasteiger partial charge in [-0.25, -0.2) is 13.8 Å². The summed E-state index contributed by atoms with van der Waals surface area (Å²) in [7, 11) is 0. The highest BCUT2D eigenvalue weighted by Gasteiger charge is 2.18. The van der Waals surface area contributed by atoms with Crippen molar-refractivity contribution in [3.63, 3.8) is 0 Å². The zero-order valence-corrected chi connectivity index (χ0v) is 12.5. The molecule has 0 atom stereocenters. The molecule has 0 fully saturated rings. The third-order valence-electron chi connectivity index (χ3n) is 2.59. The van der Waals surface area contributed by atoms with Crippen molar-refractivity contribution in [3.05, 3.63) is 44.9 Å². The molecular weight excluding hydrogens is 322 g/mol. The van der Waals surface area contributed by atoms with Gasteiger partial charge in [0.1, 0.15) is 0 Å². The Labute approximate surface area is 127 Å². The summed E-state index contributed by atoms with van der Waals surface area (Å²) in [6, 6.07) is 1.43. The van der Waals surface area contributed by atoms with Crippen LogP contribution in [0.1, 0.15) is 32.6 Å². The first-order valence-electron chi connectivity index (χ1n) is 5.74. The number of amides is 1. The standard InChI is InChI=1S/C13H9ClF2N2O2S/c1-5-11(6(2)19)21-13(17-5)18-12(20)7-3-9(15)10(16)4-8(7)14/h3-4H,1-2H3,(H,17,18,20). The van der Waals surface area contributed by atoms with Crippen molar-refractivity contribution in [1.29, 1.82) is 0 Å². The fourth-order valence-corrected chi connectivity index (χ4v) is 2.73. The molecule has 0 aliphatic heterocycles. The second kappa shape index (κ2) is 5.87. The van der Waals surface area contributed by atoms with Crippen LogP contribution in [-0.4, -0.2) is 16.7 Å². The number of rotatable bonds is 3. The average molecular weight is 331 g/mol. The highest BCUT2D eigenvalue weighted by Crippen LogP contribution is 2.25. The van der Waals surface area contributed by atoms with E-state index in [4.69, 9.17) is 11.6 Å². The van der Waals surface area contributed by atoms with E-state index in [2.05, 4.69) is 10.3 Å². The topological polar surface area (TPSA) is 59.1 Å². The molecule has 0 saturated carbocycles. The van der Waals surface area contributed by atoms with Crippen LogP contribution in [0.2, 0.25) is 5.02 Å². The van der Waals surface area contributed by atoms with Crippen LogP contribution in [0.4, 0.5) is 13.9 Å². The van der Waals surface area contributed by atoms with Gasteiger partial charge in [0.2, 0.25) is 0 Å². The number of hydrogen-bond acceptors (Lipinski definition) is 4. The third-order valence-corrected chi connectivity index (χ3v) is 4.08. The number of carbonyl (C=O) groups excluding carboxylic acids is 2. The summed E-state index contributed by atoms with van der Waals surface area (Å²) in [4.78, 5) is 27.7. The molecule has 0 radical (unpaired) electrons. The van der Waals surface area contributed by atoms with E-state index in [-0.39, 0.29) is 21.5 Å². The fourth-order valence-electron chi connectivity index (χ4n) is 1.64. The summed E-state index contributed by atoms with van der Waals surface area (Å²) in [5, 5.41) is 2.37. The molecule has 0 bridgehead atoms. The Bertz CT molecular complexity index is 746. The van der Waals surface area contributed by atoms with Gasteiger partial charge >= 0.3 is 0 Å². The quantitative estimate of drug-likeness (QED) is 0.687. The van der Waals surface area contributed by atoms with E-state index < -0.39 is 17.5 Å². The summed E-state index contributed by atoms with van der Waals surface area (Å²) in [5.74, 6) is -3.22. The lowest BCUT2D eigenvalue weighted by Crippen LogP contribution is -2.13. The molecule has 2 aromatic rings. The largest absolute Gasteiger partial charge is 0.298 e. The Morgan fingerprint density at radius 3 is 2.48 bits per heavy atom. The van der Waals surface area contributed by atoms with E-state index in [1.54, 1.807) is 6.92 Å². The van der Waals surface area contributed by atoms with Crippen LogP contribution in [-0.2, 0) is 0 Å². The minimum absolute atomic E-state index is 0.170. The number of hydrogen-bond donors (Lipinski definition) is 1. The van der Waals surface area contributed by atoms with E-state index in [1.165, 1.54) is 6.92 Å². The average Bonchev–Trinajstić information content (AvgIpc) is 2.74. The summed E-state index contributed by atoms with van der Waals surface area (Å²) in [6.45, 7) is 3.02. The zero-order chi connectivity index (χ0) is 15.7. The van der Waals surface area contributed by atoms with E-state index in [1.807, 2.05) is 0 Å². The second-order valence-corrected chi connectivity index (χ2v) is 5.60. The van der Waals surface area contributed by atoms with Crippen LogP contribution in [0.25, 0.3) is 0 Å². The maximum Gasteiger partial charge on any atom is 0.259 e. The van der Waals surface area contributed by atoms with Gasteiger partial charge in [-0.2, -0.15) is 0 Å². The molecule has 1 amide bonds. The van der Waals surface area contributed by atoms with Crippen molar-refractivity contribution in [2.45, 2.75) is 13.8 Å². The molecule has 110 valence electrons. The van der Waals surface area contributed by atoms with E-state index in [9.17, 15) is 18.4 Å². The molecule has 0 spiro atoms. The molecule has 8 heteroatoms. The van der Waals surface area contributed by atoms with Gasteiger partial charge in [-0.05, 0) is 19.1 Å². The molecule has 1 aromatic heterocycles. The zero-order valence-electron chi connectivity index (χ0n) is 11.0. The number of halogens is 3. The molecular formula is C13H9ClF2N2O2S. The number of benzene rings is 1. The lowest BCUT2D eigenvalue weighted by molar-refractivity contribution is 0.101. The predicted molar refractivity (Wildman–Crippen MR) is 76.2 cm³/mol. The van der Waals surface area contributed by atoms with Gasteiger partial charge in [-0.1, -0.05) is 22.9 Å². The number of aromatic nitrogens is 1. The van der Waals surface area contributed by atoms with Gasteiger partial charge in [-0.15, -0.1) is 0 Å². The maximum absolute atomic E-state index is 13.2. The number of nitrogens with one attached hydrogen (secondary N) is 1. The molecule has 0 aliphatic carbocycles.